The quantitative estimate of drug-likeness (QED) is 0.834. The minimum Gasteiger partial charge on any atom is -0.508 e. The van der Waals surface area contributed by atoms with Gasteiger partial charge in [-0.15, -0.1) is 0 Å². The number of aromatic hydroxyl groups is 1. The smallest absolute Gasteiger partial charge is 0.115 e. The van der Waals surface area contributed by atoms with Crippen molar-refractivity contribution < 1.29 is 5.11 Å². The molecule has 0 spiro atoms. The van der Waals surface area contributed by atoms with Gasteiger partial charge in [-0.3, -0.25) is 0 Å². The molecular weight excluding hydrogens is 212 g/mol. The first-order chi connectivity index (χ1) is 8.24. The molecular formula is C14H22N2O. The van der Waals surface area contributed by atoms with Gasteiger partial charge >= 0.3 is 0 Å². The summed E-state index contributed by atoms with van der Waals surface area (Å²) in [5.74, 6) is 1.13. The average molecular weight is 234 g/mol. The molecule has 94 valence electrons. The minimum atomic E-state index is 0.357. The van der Waals surface area contributed by atoms with Crippen molar-refractivity contribution in [3.05, 3.63) is 29.8 Å². The Hall–Kier alpha value is -1.06. The molecule has 1 saturated heterocycles. The molecule has 2 N–H and O–H groups in total. The van der Waals surface area contributed by atoms with Crippen molar-refractivity contribution >= 4 is 0 Å². The van der Waals surface area contributed by atoms with Crippen LogP contribution in [0.15, 0.2) is 24.3 Å². The van der Waals surface area contributed by atoms with Gasteiger partial charge in [-0.25, -0.2) is 0 Å². The third-order valence-corrected chi connectivity index (χ3v) is 3.33. The lowest BCUT2D eigenvalue weighted by atomic mass is 9.99. The van der Waals surface area contributed by atoms with Gasteiger partial charge in [-0.05, 0) is 56.6 Å². The number of hydrogen-bond acceptors (Lipinski definition) is 3. The zero-order chi connectivity index (χ0) is 12.1. The van der Waals surface area contributed by atoms with Crippen molar-refractivity contribution in [2.45, 2.75) is 19.4 Å². The van der Waals surface area contributed by atoms with Crippen LogP contribution in [0.5, 0.6) is 5.75 Å². The van der Waals surface area contributed by atoms with Crippen LogP contribution in [0.4, 0.5) is 0 Å². The Labute approximate surface area is 103 Å². The van der Waals surface area contributed by atoms with Gasteiger partial charge in [0.1, 0.15) is 5.75 Å². The van der Waals surface area contributed by atoms with Gasteiger partial charge in [0.25, 0.3) is 0 Å². The molecule has 2 rings (SSSR count). The normalized spacial score (nSPS) is 20.7. The number of nitrogens with one attached hydrogen (secondary N) is 1. The predicted octanol–water partition coefficient (Wildman–Crippen LogP) is 1.82. The van der Waals surface area contributed by atoms with Crippen LogP contribution in [0.3, 0.4) is 0 Å². The molecule has 0 amide bonds. The van der Waals surface area contributed by atoms with Gasteiger partial charge in [0.2, 0.25) is 0 Å². The fourth-order valence-electron chi connectivity index (χ4n) is 2.55. The van der Waals surface area contributed by atoms with Crippen molar-refractivity contribution in [3.8, 4) is 5.75 Å². The van der Waals surface area contributed by atoms with Crippen LogP contribution in [0.2, 0.25) is 0 Å². The molecule has 1 fully saturated rings. The summed E-state index contributed by atoms with van der Waals surface area (Å²) < 4.78 is 0. The lowest BCUT2D eigenvalue weighted by Crippen LogP contribution is -2.36. The molecule has 1 heterocycles. The van der Waals surface area contributed by atoms with E-state index in [4.69, 9.17) is 0 Å². The number of piperidine rings is 1. The molecule has 1 atom stereocenters. The molecule has 1 aromatic rings. The molecule has 0 radical (unpaired) electrons. The van der Waals surface area contributed by atoms with Gasteiger partial charge in [-0.2, -0.15) is 0 Å². The van der Waals surface area contributed by atoms with E-state index in [0.29, 0.717) is 5.75 Å². The maximum Gasteiger partial charge on any atom is 0.115 e. The molecule has 0 aromatic heterocycles. The second-order valence-corrected chi connectivity index (χ2v) is 5.08. The average Bonchev–Trinajstić information content (AvgIpc) is 2.30. The summed E-state index contributed by atoms with van der Waals surface area (Å²) in [5, 5.41) is 12.9. The first-order valence-electron chi connectivity index (χ1n) is 6.41. The molecule has 0 bridgehead atoms. The minimum absolute atomic E-state index is 0.357. The van der Waals surface area contributed by atoms with Gasteiger partial charge < -0.3 is 15.3 Å². The summed E-state index contributed by atoms with van der Waals surface area (Å²) in [6, 6.07) is 7.53. The number of rotatable bonds is 4. The summed E-state index contributed by atoms with van der Waals surface area (Å²) in [6.45, 7) is 4.35. The van der Waals surface area contributed by atoms with E-state index < -0.39 is 0 Å². The summed E-state index contributed by atoms with van der Waals surface area (Å²) in [5.41, 5.74) is 1.18. The van der Waals surface area contributed by atoms with Crippen LogP contribution in [-0.4, -0.2) is 36.7 Å². The summed E-state index contributed by atoms with van der Waals surface area (Å²) in [6.07, 6.45) is 2.63. The van der Waals surface area contributed by atoms with Crippen molar-refractivity contribution in [3.63, 3.8) is 0 Å². The van der Waals surface area contributed by atoms with Crippen LogP contribution in [-0.2, 0) is 6.54 Å². The second kappa shape index (κ2) is 6.03. The topological polar surface area (TPSA) is 35.5 Å². The Kier molecular flexibility index (Phi) is 4.40. The van der Waals surface area contributed by atoms with Gasteiger partial charge in [-0.1, -0.05) is 12.1 Å². The largest absolute Gasteiger partial charge is 0.508 e. The highest BCUT2D eigenvalue weighted by Gasteiger charge is 2.14. The van der Waals surface area contributed by atoms with Crippen molar-refractivity contribution in [1.82, 2.24) is 10.2 Å². The van der Waals surface area contributed by atoms with Crippen LogP contribution < -0.4 is 5.32 Å². The van der Waals surface area contributed by atoms with E-state index in [1.54, 1.807) is 6.07 Å². The van der Waals surface area contributed by atoms with E-state index >= 15 is 0 Å². The molecule has 0 aliphatic carbocycles. The third kappa shape index (κ3) is 4.02. The third-order valence-electron chi connectivity index (χ3n) is 3.33. The molecule has 3 nitrogen and oxygen atoms in total. The number of hydrogen-bond donors (Lipinski definition) is 2. The number of phenolic OH excluding ortho intramolecular Hbond substituents is 1. The maximum atomic E-state index is 9.42. The highest BCUT2D eigenvalue weighted by Crippen LogP contribution is 2.15. The Morgan fingerprint density at radius 1 is 1.47 bits per heavy atom. The summed E-state index contributed by atoms with van der Waals surface area (Å²) in [7, 11) is 2.15. The van der Waals surface area contributed by atoms with E-state index in [2.05, 4.69) is 23.3 Å². The lowest BCUT2D eigenvalue weighted by molar-refractivity contribution is 0.237. The summed E-state index contributed by atoms with van der Waals surface area (Å²) in [4.78, 5) is 2.34. The molecule has 1 aliphatic rings. The molecule has 1 aromatic carbocycles. The number of benzene rings is 1. The van der Waals surface area contributed by atoms with Gasteiger partial charge in [0.15, 0.2) is 0 Å². The van der Waals surface area contributed by atoms with Crippen molar-refractivity contribution in [2.75, 3.05) is 26.7 Å². The van der Waals surface area contributed by atoms with Crippen LogP contribution >= 0.6 is 0 Å². The van der Waals surface area contributed by atoms with E-state index in [9.17, 15) is 5.11 Å². The fraction of sp³-hybridized carbons (Fsp3) is 0.571. The fourth-order valence-corrected chi connectivity index (χ4v) is 2.55. The zero-order valence-corrected chi connectivity index (χ0v) is 10.5. The highest BCUT2D eigenvalue weighted by atomic mass is 16.3. The first kappa shape index (κ1) is 12.4. The molecule has 0 saturated carbocycles. The molecule has 3 heteroatoms. The van der Waals surface area contributed by atoms with Crippen LogP contribution in [0.25, 0.3) is 0 Å². The molecule has 17 heavy (non-hydrogen) atoms. The standard InChI is InChI=1S/C14H22N2O/c1-16(11-13-5-3-7-15-9-13)10-12-4-2-6-14(17)8-12/h2,4,6,8,13,15,17H,3,5,7,9-11H2,1H3. The number of phenols is 1. The Morgan fingerprint density at radius 3 is 3.06 bits per heavy atom. The predicted molar refractivity (Wildman–Crippen MR) is 70.0 cm³/mol. The Morgan fingerprint density at radius 2 is 2.35 bits per heavy atom. The molecule has 1 aliphatic heterocycles. The van der Waals surface area contributed by atoms with Gasteiger partial charge in [0.05, 0.1) is 0 Å². The van der Waals surface area contributed by atoms with E-state index in [1.807, 2.05) is 12.1 Å². The Balaban J connectivity index is 1.82. The summed E-state index contributed by atoms with van der Waals surface area (Å²) >= 11 is 0. The second-order valence-electron chi connectivity index (χ2n) is 5.08. The first-order valence-corrected chi connectivity index (χ1v) is 6.41. The zero-order valence-electron chi connectivity index (χ0n) is 10.5. The van der Waals surface area contributed by atoms with E-state index in [-0.39, 0.29) is 0 Å². The Bertz CT molecular complexity index is 348. The number of nitrogens with zero attached hydrogens (tertiary/aromatic N) is 1. The lowest BCUT2D eigenvalue weighted by Gasteiger charge is -2.27. The maximum absolute atomic E-state index is 9.42. The van der Waals surface area contributed by atoms with Crippen LogP contribution in [0, 0.1) is 5.92 Å². The monoisotopic (exact) mass is 234 g/mol. The van der Waals surface area contributed by atoms with E-state index in [1.165, 1.54) is 24.9 Å². The highest BCUT2D eigenvalue weighted by molar-refractivity contribution is 5.26. The van der Waals surface area contributed by atoms with Crippen molar-refractivity contribution in [2.24, 2.45) is 5.92 Å². The van der Waals surface area contributed by atoms with E-state index in [0.717, 1.165) is 25.6 Å². The molecule has 1 unspecified atom stereocenters. The van der Waals surface area contributed by atoms with Gasteiger partial charge in [0, 0.05) is 13.1 Å². The SMILES string of the molecule is CN(Cc1cccc(O)c1)CC1CCCNC1. The van der Waals surface area contributed by atoms with Crippen molar-refractivity contribution in [1.29, 1.82) is 0 Å². The van der Waals surface area contributed by atoms with Crippen LogP contribution in [0.1, 0.15) is 18.4 Å².